The van der Waals surface area contributed by atoms with Gasteiger partial charge in [-0.25, -0.2) is 0 Å². The summed E-state index contributed by atoms with van der Waals surface area (Å²) in [6, 6.07) is 0. The van der Waals surface area contributed by atoms with Crippen LogP contribution in [0.4, 0.5) is 0 Å². The lowest BCUT2D eigenvalue weighted by molar-refractivity contribution is 0.0884. The van der Waals surface area contributed by atoms with E-state index in [1.807, 2.05) is 6.92 Å². The summed E-state index contributed by atoms with van der Waals surface area (Å²) in [5.74, 6) is 0.312. The Hall–Kier alpha value is 0.280. The minimum atomic E-state index is -0.963. The van der Waals surface area contributed by atoms with Crippen molar-refractivity contribution in [3.63, 3.8) is 0 Å². The molecule has 3 heteroatoms. The van der Waals surface area contributed by atoms with Crippen molar-refractivity contribution in [3.8, 4) is 0 Å². The Morgan fingerprint density at radius 2 is 1.90 bits per heavy atom. The van der Waals surface area contributed by atoms with Crippen LogP contribution in [0.3, 0.4) is 0 Å². The first kappa shape index (κ1) is 10.3. The number of rotatable bonds is 4. The average molecular weight is 183 g/mol. The number of hydrogen-bond donors (Lipinski definition) is 1. The van der Waals surface area contributed by atoms with E-state index >= 15 is 0 Å². The first-order chi connectivity index (χ1) is 4.54. The molecule has 0 atom stereocenters. The first-order valence-electron chi connectivity index (χ1n) is 3.03. The van der Waals surface area contributed by atoms with Crippen LogP contribution in [0.1, 0.15) is 13.3 Å². The van der Waals surface area contributed by atoms with Crippen molar-refractivity contribution >= 4 is 23.2 Å². The summed E-state index contributed by atoms with van der Waals surface area (Å²) in [5.41, 5.74) is -0.0709. The summed E-state index contributed by atoms with van der Waals surface area (Å²) >= 11 is 11.0. The van der Waals surface area contributed by atoms with Crippen molar-refractivity contribution < 1.29 is 5.11 Å². The fourth-order valence-corrected chi connectivity index (χ4v) is 1.17. The minimum Gasteiger partial charge on any atom is -0.387 e. The molecule has 0 amide bonds. The Kier molecular flexibility index (Phi) is 4.34. The molecule has 0 aromatic carbocycles. The highest BCUT2D eigenvalue weighted by Crippen LogP contribution is 2.18. The molecule has 0 aliphatic heterocycles. The highest BCUT2D eigenvalue weighted by Gasteiger charge is 2.24. The Balaban J connectivity index is 3.92. The van der Waals surface area contributed by atoms with Crippen LogP contribution in [-0.2, 0) is 0 Å². The monoisotopic (exact) mass is 182 g/mol. The standard InChI is InChI=1S/C7H12Cl2O/c1-6(2)3-7(10,4-8)5-9/h10H,1,3-5H2,2H3. The molecule has 0 spiro atoms. The first-order valence-corrected chi connectivity index (χ1v) is 4.09. The second-order valence-corrected chi connectivity index (χ2v) is 3.16. The van der Waals surface area contributed by atoms with E-state index in [0.717, 1.165) is 5.57 Å². The predicted octanol–water partition coefficient (Wildman–Crippen LogP) is 2.16. The van der Waals surface area contributed by atoms with Crippen molar-refractivity contribution in [2.24, 2.45) is 0 Å². The van der Waals surface area contributed by atoms with Crippen LogP contribution >= 0.6 is 23.2 Å². The molecule has 0 rings (SSSR count). The molecule has 0 aromatic rings. The van der Waals surface area contributed by atoms with E-state index in [4.69, 9.17) is 23.2 Å². The van der Waals surface area contributed by atoms with Crippen molar-refractivity contribution in [2.75, 3.05) is 11.8 Å². The third-order valence-corrected chi connectivity index (χ3v) is 2.12. The summed E-state index contributed by atoms with van der Waals surface area (Å²) < 4.78 is 0. The highest BCUT2D eigenvalue weighted by molar-refractivity contribution is 6.21. The largest absolute Gasteiger partial charge is 0.387 e. The van der Waals surface area contributed by atoms with E-state index in [0.29, 0.717) is 6.42 Å². The number of halogens is 2. The van der Waals surface area contributed by atoms with Crippen LogP contribution < -0.4 is 0 Å². The molecule has 0 aliphatic carbocycles. The van der Waals surface area contributed by atoms with Gasteiger partial charge < -0.3 is 5.11 Å². The summed E-state index contributed by atoms with van der Waals surface area (Å²) in [5, 5.41) is 9.47. The smallest absolute Gasteiger partial charge is 0.0953 e. The Bertz CT molecular complexity index is 119. The fraction of sp³-hybridized carbons (Fsp3) is 0.714. The third kappa shape index (κ3) is 3.45. The molecule has 0 radical (unpaired) electrons. The zero-order valence-electron chi connectivity index (χ0n) is 6.03. The molecule has 1 nitrogen and oxygen atoms in total. The van der Waals surface area contributed by atoms with E-state index in [1.165, 1.54) is 0 Å². The molecule has 0 saturated carbocycles. The maximum Gasteiger partial charge on any atom is 0.0953 e. The third-order valence-electron chi connectivity index (χ3n) is 1.13. The molecule has 10 heavy (non-hydrogen) atoms. The van der Waals surface area contributed by atoms with Crippen LogP contribution in [0.15, 0.2) is 12.2 Å². The van der Waals surface area contributed by atoms with E-state index in [2.05, 4.69) is 6.58 Å². The van der Waals surface area contributed by atoms with Gasteiger partial charge in [-0.3, -0.25) is 0 Å². The van der Waals surface area contributed by atoms with Gasteiger partial charge in [0.05, 0.1) is 17.4 Å². The Morgan fingerprint density at radius 1 is 1.50 bits per heavy atom. The zero-order valence-corrected chi connectivity index (χ0v) is 7.54. The van der Waals surface area contributed by atoms with E-state index in [-0.39, 0.29) is 11.8 Å². The fourth-order valence-electron chi connectivity index (χ4n) is 0.692. The molecule has 0 bridgehead atoms. The van der Waals surface area contributed by atoms with Crippen molar-refractivity contribution in [1.29, 1.82) is 0 Å². The van der Waals surface area contributed by atoms with Crippen LogP contribution in [-0.4, -0.2) is 22.5 Å². The summed E-state index contributed by atoms with van der Waals surface area (Å²) in [6.45, 7) is 5.50. The topological polar surface area (TPSA) is 20.2 Å². The van der Waals surface area contributed by atoms with Gasteiger partial charge in [0.2, 0.25) is 0 Å². The van der Waals surface area contributed by atoms with Gasteiger partial charge in [0.15, 0.2) is 0 Å². The molecule has 0 fully saturated rings. The van der Waals surface area contributed by atoms with Gasteiger partial charge >= 0.3 is 0 Å². The minimum absolute atomic E-state index is 0.156. The molecule has 0 aliphatic rings. The summed E-state index contributed by atoms with van der Waals surface area (Å²) in [7, 11) is 0. The average Bonchev–Trinajstić information content (AvgIpc) is 1.87. The lowest BCUT2D eigenvalue weighted by atomic mass is 10.0. The predicted molar refractivity (Wildman–Crippen MR) is 45.8 cm³/mol. The molecule has 0 aromatic heterocycles. The van der Waals surface area contributed by atoms with Gasteiger partial charge in [-0.1, -0.05) is 5.57 Å². The number of aliphatic hydroxyl groups is 1. The summed E-state index contributed by atoms with van der Waals surface area (Å²) in [6.07, 6.45) is 0.472. The van der Waals surface area contributed by atoms with E-state index in [1.54, 1.807) is 0 Å². The van der Waals surface area contributed by atoms with E-state index in [9.17, 15) is 5.11 Å². The Morgan fingerprint density at radius 3 is 2.00 bits per heavy atom. The molecular weight excluding hydrogens is 171 g/mol. The normalized spacial score (nSPS) is 11.6. The molecule has 60 valence electrons. The van der Waals surface area contributed by atoms with Gasteiger partial charge in [-0.2, -0.15) is 0 Å². The van der Waals surface area contributed by atoms with Crippen molar-refractivity contribution in [3.05, 3.63) is 12.2 Å². The molecule has 1 N–H and O–H groups in total. The second-order valence-electron chi connectivity index (χ2n) is 2.63. The maximum absolute atomic E-state index is 9.47. The lowest BCUT2D eigenvalue weighted by Crippen LogP contribution is -2.33. The zero-order chi connectivity index (χ0) is 8.20. The quantitative estimate of drug-likeness (QED) is 0.523. The lowest BCUT2D eigenvalue weighted by Gasteiger charge is -2.22. The van der Waals surface area contributed by atoms with Crippen LogP contribution in [0.2, 0.25) is 0 Å². The molecule has 0 saturated heterocycles. The van der Waals surface area contributed by atoms with Gasteiger partial charge in [0, 0.05) is 0 Å². The van der Waals surface area contributed by atoms with Gasteiger partial charge in [-0.15, -0.1) is 29.8 Å². The van der Waals surface area contributed by atoms with E-state index < -0.39 is 5.60 Å². The number of hydrogen-bond acceptors (Lipinski definition) is 1. The van der Waals surface area contributed by atoms with Crippen LogP contribution in [0.25, 0.3) is 0 Å². The van der Waals surface area contributed by atoms with Crippen LogP contribution in [0, 0.1) is 0 Å². The summed E-state index contributed by atoms with van der Waals surface area (Å²) in [4.78, 5) is 0. The molecule has 0 heterocycles. The van der Waals surface area contributed by atoms with Gasteiger partial charge in [-0.05, 0) is 13.3 Å². The maximum atomic E-state index is 9.47. The van der Waals surface area contributed by atoms with Crippen molar-refractivity contribution in [1.82, 2.24) is 0 Å². The van der Waals surface area contributed by atoms with Crippen LogP contribution in [0.5, 0.6) is 0 Å². The number of alkyl halides is 2. The van der Waals surface area contributed by atoms with Crippen molar-refractivity contribution in [2.45, 2.75) is 18.9 Å². The highest BCUT2D eigenvalue weighted by atomic mass is 35.5. The SMILES string of the molecule is C=C(C)CC(O)(CCl)CCl. The second kappa shape index (κ2) is 4.22. The van der Waals surface area contributed by atoms with Gasteiger partial charge in [0.1, 0.15) is 0 Å². The van der Waals surface area contributed by atoms with Gasteiger partial charge in [0.25, 0.3) is 0 Å². The molecule has 0 unspecified atom stereocenters. The Labute approximate surface area is 71.6 Å². The molecular formula is C7H12Cl2O.